The molecule has 0 aliphatic rings. The fraction of sp³-hybridized carbons (Fsp3) is 0.429. The van der Waals surface area contributed by atoms with Gasteiger partial charge in [0.05, 0.1) is 25.4 Å². The second-order valence-corrected chi connectivity index (χ2v) is 4.06. The Bertz CT molecular complexity index is 403. The van der Waals surface area contributed by atoms with Gasteiger partial charge in [-0.3, -0.25) is 0 Å². The second-order valence-electron chi connectivity index (χ2n) is 4.06. The first-order chi connectivity index (χ1) is 8.63. The van der Waals surface area contributed by atoms with Crippen molar-refractivity contribution >= 4 is 0 Å². The van der Waals surface area contributed by atoms with Crippen LogP contribution >= 0.6 is 0 Å². The summed E-state index contributed by atoms with van der Waals surface area (Å²) >= 11 is 0. The molecule has 1 aromatic carbocycles. The first kappa shape index (κ1) is 14.7. The summed E-state index contributed by atoms with van der Waals surface area (Å²) in [5, 5.41) is 12.5. The minimum absolute atomic E-state index is 0.0915. The van der Waals surface area contributed by atoms with Gasteiger partial charge in [0, 0.05) is 12.1 Å². The molecule has 3 nitrogen and oxygen atoms in total. The van der Waals surface area contributed by atoms with Crippen molar-refractivity contribution in [3.63, 3.8) is 0 Å². The van der Waals surface area contributed by atoms with Crippen LogP contribution in [0.3, 0.4) is 0 Å². The van der Waals surface area contributed by atoms with Crippen LogP contribution in [0.15, 0.2) is 24.3 Å². The smallest absolute Gasteiger partial charge is 0.128 e. The zero-order valence-electron chi connectivity index (χ0n) is 10.4. The molecule has 4 heteroatoms. The summed E-state index contributed by atoms with van der Waals surface area (Å²) in [7, 11) is 0. The van der Waals surface area contributed by atoms with E-state index in [1.54, 1.807) is 18.2 Å². The van der Waals surface area contributed by atoms with Gasteiger partial charge in [-0.15, -0.1) is 6.42 Å². The van der Waals surface area contributed by atoms with E-state index in [1.807, 2.05) is 6.92 Å². The molecular formula is C14H18FNO2. The molecule has 0 radical (unpaired) electrons. The number of ether oxygens (including phenoxy) is 1. The van der Waals surface area contributed by atoms with Gasteiger partial charge in [-0.2, -0.15) is 0 Å². The van der Waals surface area contributed by atoms with Gasteiger partial charge in [0.2, 0.25) is 0 Å². The summed E-state index contributed by atoms with van der Waals surface area (Å²) < 4.78 is 18.5. The van der Waals surface area contributed by atoms with E-state index in [0.717, 1.165) is 0 Å². The normalized spacial score (nSPS) is 13.9. The highest BCUT2D eigenvalue weighted by Gasteiger charge is 2.07. The third-order valence-corrected chi connectivity index (χ3v) is 2.44. The first-order valence-electron chi connectivity index (χ1n) is 5.82. The maximum atomic E-state index is 13.2. The van der Waals surface area contributed by atoms with E-state index < -0.39 is 6.10 Å². The highest BCUT2D eigenvalue weighted by Crippen LogP contribution is 2.07. The Hall–Kier alpha value is -1.41. The molecular weight excluding hydrogens is 233 g/mol. The molecule has 0 heterocycles. The number of aliphatic hydroxyl groups is 1. The third kappa shape index (κ3) is 5.28. The van der Waals surface area contributed by atoms with Crippen molar-refractivity contribution in [3.05, 3.63) is 35.6 Å². The molecule has 1 rings (SSSR count). The van der Waals surface area contributed by atoms with Gasteiger partial charge in [0.15, 0.2) is 0 Å². The molecule has 18 heavy (non-hydrogen) atoms. The predicted molar refractivity (Wildman–Crippen MR) is 68.4 cm³/mol. The van der Waals surface area contributed by atoms with Gasteiger partial charge in [0.25, 0.3) is 0 Å². The third-order valence-electron chi connectivity index (χ3n) is 2.44. The van der Waals surface area contributed by atoms with Crippen molar-refractivity contribution < 1.29 is 14.2 Å². The van der Waals surface area contributed by atoms with E-state index in [4.69, 9.17) is 11.2 Å². The number of rotatable bonds is 7. The van der Waals surface area contributed by atoms with E-state index in [9.17, 15) is 9.50 Å². The molecule has 2 atom stereocenters. The van der Waals surface area contributed by atoms with Crippen molar-refractivity contribution in [1.29, 1.82) is 0 Å². The Morgan fingerprint density at radius 1 is 1.50 bits per heavy atom. The standard InChI is InChI=1S/C14H18FNO2/c1-3-11(2)16-8-13(17)10-18-9-12-6-4-5-7-14(12)15/h1,4-7,11,13,16-17H,8-10H2,2H3. The van der Waals surface area contributed by atoms with Gasteiger partial charge >= 0.3 is 0 Å². The summed E-state index contributed by atoms with van der Waals surface area (Å²) in [5.74, 6) is 2.20. The minimum Gasteiger partial charge on any atom is -0.389 e. The number of hydrogen-bond donors (Lipinski definition) is 2. The van der Waals surface area contributed by atoms with Crippen LogP contribution in [0.5, 0.6) is 0 Å². The average molecular weight is 251 g/mol. The lowest BCUT2D eigenvalue weighted by Gasteiger charge is -2.14. The summed E-state index contributed by atoms with van der Waals surface area (Å²) in [6.45, 7) is 2.46. The highest BCUT2D eigenvalue weighted by molar-refractivity contribution is 5.16. The van der Waals surface area contributed by atoms with E-state index in [1.165, 1.54) is 6.07 Å². The Morgan fingerprint density at radius 3 is 2.89 bits per heavy atom. The summed E-state index contributed by atoms with van der Waals surface area (Å²) in [4.78, 5) is 0. The number of benzene rings is 1. The topological polar surface area (TPSA) is 41.5 Å². The highest BCUT2D eigenvalue weighted by atomic mass is 19.1. The number of nitrogens with one attached hydrogen (secondary N) is 1. The Balaban J connectivity index is 2.22. The van der Waals surface area contributed by atoms with Crippen LogP contribution in [0.25, 0.3) is 0 Å². The average Bonchev–Trinajstić information content (AvgIpc) is 2.38. The molecule has 0 saturated carbocycles. The lowest BCUT2D eigenvalue weighted by molar-refractivity contribution is 0.0275. The zero-order valence-corrected chi connectivity index (χ0v) is 10.4. The van der Waals surface area contributed by atoms with E-state index in [0.29, 0.717) is 12.1 Å². The van der Waals surface area contributed by atoms with Crippen LogP contribution in [-0.4, -0.2) is 30.4 Å². The molecule has 0 spiro atoms. The molecule has 0 aromatic heterocycles. The summed E-state index contributed by atoms with van der Waals surface area (Å²) in [5.41, 5.74) is 0.481. The number of aliphatic hydroxyl groups excluding tert-OH is 1. The van der Waals surface area contributed by atoms with Crippen LogP contribution in [-0.2, 0) is 11.3 Å². The molecule has 0 aliphatic heterocycles. The van der Waals surface area contributed by atoms with Crippen molar-refractivity contribution in [3.8, 4) is 12.3 Å². The SMILES string of the molecule is C#CC(C)NCC(O)COCc1ccccc1F. The lowest BCUT2D eigenvalue weighted by Crippen LogP contribution is -2.35. The molecule has 0 saturated heterocycles. The molecule has 0 aliphatic carbocycles. The van der Waals surface area contributed by atoms with Crippen LogP contribution < -0.4 is 5.32 Å². The Kier molecular flexibility index (Phi) is 6.37. The fourth-order valence-corrected chi connectivity index (χ4v) is 1.35. The molecule has 2 unspecified atom stereocenters. The molecule has 1 aromatic rings. The van der Waals surface area contributed by atoms with Crippen molar-refractivity contribution in [1.82, 2.24) is 5.32 Å². The summed E-state index contributed by atoms with van der Waals surface area (Å²) in [6.07, 6.45) is 4.52. The van der Waals surface area contributed by atoms with E-state index in [2.05, 4.69) is 11.2 Å². The van der Waals surface area contributed by atoms with Crippen LogP contribution in [0, 0.1) is 18.2 Å². The first-order valence-corrected chi connectivity index (χ1v) is 5.82. The van der Waals surface area contributed by atoms with Gasteiger partial charge in [0.1, 0.15) is 5.82 Å². The number of hydrogen-bond acceptors (Lipinski definition) is 3. The van der Waals surface area contributed by atoms with Crippen LogP contribution in [0.1, 0.15) is 12.5 Å². The van der Waals surface area contributed by atoms with Gasteiger partial charge in [-0.25, -0.2) is 4.39 Å². The molecule has 0 fully saturated rings. The molecule has 2 N–H and O–H groups in total. The predicted octanol–water partition coefficient (Wildman–Crippen LogP) is 1.31. The van der Waals surface area contributed by atoms with Crippen molar-refractivity contribution in [2.75, 3.05) is 13.2 Å². The Morgan fingerprint density at radius 2 is 2.22 bits per heavy atom. The number of terminal acetylenes is 1. The van der Waals surface area contributed by atoms with E-state index in [-0.39, 0.29) is 25.1 Å². The van der Waals surface area contributed by atoms with Crippen molar-refractivity contribution in [2.45, 2.75) is 25.7 Å². The van der Waals surface area contributed by atoms with Crippen molar-refractivity contribution in [2.24, 2.45) is 0 Å². The molecule has 98 valence electrons. The minimum atomic E-state index is -0.660. The van der Waals surface area contributed by atoms with Gasteiger partial charge in [-0.05, 0) is 13.0 Å². The zero-order chi connectivity index (χ0) is 13.4. The largest absolute Gasteiger partial charge is 0.389 e. The van der Waals surface area contributed by atoms with Crippen LogP contribution in [0.4, 0.5) is 4.39 Å². The molecule has 0 bridgehead atoms. The second kappa shape index (κ2) is 7.83. The number of halogens is 1. The molecule has 0 amide bonds. The maximum absolute atomic E-state index is 13.2. The van der Waals surface area contributed by atoms with Crippen LogP contribution in [0.2, 0.25) is 0 Å². The monoisotopic (exact) mass is 251 g/mol. The summed E-state index contributed by atoms with van der Waals surface area (Å²) in [6, 6.07) is 6.31. The Labute approximate surface area is 107 Å². The maximum Gasteiger partial charge on any atom is 0.128 e. The fourth-order valence-electron chi connectivity index (χ4n) is 1.35. The van der Waals surface area contributed by atoms with E-state index >= 15 is 0 Å². The van der Waals surface area contributed by atoms with Gasteiger partial charge < -0.3 is 15.2 Å². The van der Waals surface area contributed by atoms with Gasteiger partial charge in [-0.1, -0.05) is 24.1 Å². The lowest BCUT2D eigenvalue weighted by atomic mass is 10.2. The quantitative estimate of drug-likeness (QED) is 0.718.